The summed E-state index contributed by atoms with van der Waals surface area (Å²) in [5.74, 6) is 3.06. The van der Waals surface area contributed by atoms with Gasteiger partial charge >= 0.3 is 0 Å². The molecule has 0 radical (unpaired) electrons. The first kappa shape index (κ1) is 14.5. The Hall–Kier alpha value is -1.80. The zero-order chi connectivity index (χ0) is 16.0. The van der Waals surface area contributed by atoms with Gasteiger partial charge in [0.15, 0.2) is 0 Å². The van der Waals surface area contributed by atoms with Crippen LogP contribution in [0.2, 0.25) is 0 Å². The van der Waals surface area contributed by atoms with E-state index in [-0.39, 0.29) is 11.7 Å². The van der Waals surface area contributed by atoms with Gasteiger partial charge in [-0.2, -0.15) is 4.98 Å². The van der Waals surface area contributed by atoms with E-state index in [0.29, 0.717) is 29.9 Å². The van der Waals surface area contributed by atoms with E-state index in [9.17, 15) is 0 Å². The van der Waals surface area contributed by atoms with Crippen molar-refractivity contribution in [1.29, 1.82) is 0 Å². The highest BCUT2D eigenvalue weighted by Crippen LogP contribution is 2.39. The molecule has 0 aromatic carbocycles. The summed E-state index contributed by atoms with van der Waals surface area (Å²) in [4.78, 5) is 8.92. The molecule has 3 fully saturated rings. The number of piperidine rings is 1. The minimum absolute atomic E-state index is 0.0711. The van der Waals surface area contributed by atoms with Crippen LogP contribution in [-0.2, 0) is 11.2 Å². The van der Waals surface area contributed by atoms with E-state index in [1.165, 1.54) is 12.8 Å². The van der Waals surface area contributed by atoms with Crippen LogP contribution >= 0.6 is 0 Å². The highest BCUT2D eigenvalue weighted by atomic mass is 16.5. The van der Waals surface area contributed by atoms with Crippen molar-refractivity contribution in [2.75, 3.05) is 13.1 Å². The highest BCUT2D eigenvalue weighted by Gasteiger charge is 2.41. The summed E-state index contributed by atoms with van der Waals surface area (Å²) in [5.41, 5.74) is 0.0711. The number of rotatable bonds is 4. The monoisotopic (exact) mass is 330 g/mol. The van der Waals surface area contributed by atoms with Crippen LogP contribution in [0.1, 0.15) is 56.2 Å². The first-order chi connectivity index (χ1) is 11.8. The van der Waals surface area contributed by atoms with Crippen molar-refractivity contribution in [2.45, 2.75) is 62.6 Å². The Bertz CT molecular complexity index is 716. The lowest BCUT2D eigenvalue weighted by atomic mass is 9.89. The molecule has 8 heteroatoms. The molecule has 2 saturated heterocycles. The molecule has 2 aromatic heterocycles. The molecule has 8 nitrogen and oxygen atoms in total. The van der Waals surface area contributed by atoms with Crippen molar-refractivity contribution in [1.82, 2.24) is 30.6 Å². The molecular weight excluding hydrogens is 308 g/mol. The lowest BCUT2D eigenvalue weighted by Crippen LogP contribution is -2.42. The number of aromatic amines is 1. The highest BCUT2D eigenvalue weighted by molar-refractivity contribution is 5.41. The summed E-state index contributed by atoms with van der Waals surface area (Å²) < 4.78 is 11.7. The number of ether oxygens (including phenoxy) is 1. The summed E-state index contributed by atoms with van der Waals surface area (Å²) >= 11 is 0. The molecule has 1 spiro atoms. The SMILES string of the molecule is C1CC2(CCN1)CCC(Cc1nc(-c3n[nH]c(C4CC4)n3)no1)O2. The van der Waals surface area contributed by atoms with Gasteiger partial charge in [0.25, 0.3) is 0 Å². The fourth-order valence-electron chi connectivity index (χ4n) is 3.83. The quantitative estimate of drug-likeness (QED) is 0.877. The minimum Gasteiger partial charge on any atom is -0.371 e. The number of aromatic nitrogens is 5. The third kappa shape index (κ3) is 2.73. The van der Waals surface area contributed by atoms with Crippen molar-refractivity contribution in [3.63, 3.8) is 0 Å². The lowest BCUT2D eigenvalue weighted by Gasteiger charge is -2.33. The molecule has 3 aliphatic rings. The van der Waals surface area contributed by atoms with Crippen molar-refractivity contribution < 1.29 is 9.26 Å². The standard InChI is InChI=1S/C16H22N6O2/c1-2-10(1)13-19-14(21-20-13)15-18-12(24-22-15)9-11-3-4-16(23-11)5-7-17-8-6-16/h10-11,17H,1-9H2,(H,19,20,21). The van der Waals surface area contributed by atoms with Crippen LogP contribution in [0.4, 0.5) is 0 Å². The number of hydrogen-bond donors (Lipinski definition) is 2. The summed E-state index contributed by atoms with van der Waals surface area (Å²) in [5, 5.41) is 14.6. The molecule has 1 atom stereocenters. The maximum absolute atomic E-state index is 6.35. The van der Waals surface area contributed by atoms with Gasteiger partial charge in [0.05, 0.1) is 18.1 Å². The second kappa shape index (κ2) is 5.63. The maximum atomic E-state index is 6.35. The van der Waals surface area contributed by atoms with E-state index in [4.69, 9.17) is 9.26 Å². The molecule has 24 heavy (non-hydrogen) atoms. The first-order valence-electron chi connectivity index (χ1n) is 8.93. The number of hydrogen-bond acceptors (Lipinski definition) is 7. The molecule has 5 rings (SSSR count). The summed E-state index contributed by atoms with van der Waals surface area (Å²) in [6.45, 7) is 2.09. The van der Waals surface area contributed by atoms with E-state index < -0.39 is 0 Å². The van der Waals surface area contributed by atoms with Crippen molar-refractivity contribution in [3.8, 4) is 11.6 Å². The molecule has 0 amide bonds. The van der Waals surface area contributed by atoms with Crippen LogP contribution in [0.5, 0.6) is 0 Å². The molecule has 2 aliphatic heterocycles. The van der Waals surface area contributed by atoms with Gasteiger partial charge < -0.3 is 14.6 Å². The third-order valence-corrected chi connectivity index (χ3v) is 5.39. The molecule has 1 unspecified atom stereocenters. The Balaban J connectivity index is 1.24. The van der Waals surface area contributed by atoms with Gasteiger partial charge in [-0.05, 0) is 51.6 Å². The van der Waals surface area contributed by atoms with Crippen LogP contribution in [0.25, 0.3) is 11.6 Å². The fourth-order valence-corrected chi connectivity index (χ4v) is 3.83. The lowest BCUT2D eigenvalue weighted by molar-refractivity contribution is -0.0604. The van der Waals surface area contributed by atoms with Gasteiger partial charge in [0.1, 0.15) is 5.82 Å². The van der Waals surface area contributed by atoms with Gasteiger partial charge in [0, 0.05) is 5.92 Å². The molecule has 128 valence electrons. The molecule has 4 heterocycles. The zero-order valence-corrected chi connectivity index (χ0v) is 13.6. The second-order valence-corrected chi connectivity index (χ2v) is 7.25. The average molecular weight is 330 g/mol. The Morgan fingerprint density at radius 1 is 1.04 bits per heavy atom. The smallest absolute Gasteiger partial charge is 0.242 e. The molecular formula is C16H22N6O2. The van der Waals surface area contributed by atoms with Gasteiger partial charge in [-0.3, -0.25) is 5.10 Å². The predicted molar refractivity (Wildman–Crippen MR) is 84.3 cm³/mol. The largest absolute Gasteiger partial charge is 0.371 e. The van der Waals surface area contributed by atoms with E-state index in [1.807, 2.05) is 0 Å². The second-order valence-electron chi connectivity index (χ2n) is 7.25. The first-order valence-corrected chi connectivity index (χ1v) is 8.93. The third-order valence-electron chi connectivity index (χ3n) is 5.39. The minimum atomic E-state index is 0.0711. The zero-order valence-electron chi connectivity index (χ0n) is 13.6. The Labute approximate surface area is 139 Å². The van der Waals surface area contributed by atoms with Gasteiger partial charge in [-0.1, -0.05) is 5.16 Å². The van der Waals surface area contributed by atoms with Crippen LogP contribution in [-0.4, -0.2) is 50.1 Å². The van der Waals surface area contributed by atoms with Crippen LogP contribution in [0.15, 0.2) is 4.52 Å². The average Bonchev–Trinajstić information content (AvgIpc) is 2.99. The van der Waals surface area contributed by atoms with E-state index in [1.54, 1.807) is 0 Å². The van der Waals surface area contributed by atoms with Crippen LogP contribution in [0.3, 0.4) is 0 Å². The number of nitrogens with one attached hydrogen (secondary N) is 2. The number of nitrogens with zero attached hydrogens (tertiary/aromatic N) is 4. The Morgan fingerprint density at radius 3 is 2.75 bits per heavy atom. The molecule has 1 aliphatic carbocycles. The van der Waals surface area contributed by atoms with Gasteiger partial charge in [-0.25, -0.2) is 4.98 Å². The van der Waals surface area contributed by atoms with Crippen molar-refractivity contribution in [2.24, 2.45) is 0 Å². The molecule has 2 N–H and O–H groups in total. The summed E-state index contributed by atoms with van der Waals surface area (Å²) in [6.07, 6.45) is 7.59. The van der Waals surface area contributed by atoms with Gasteiger partial charge in [0.2, 0.25) is 17.5 Å². The molecule has 1 saturated carbocycles. The Morgan fingerprint density at radius 2 is 1.92 bits per heavy atom. The van der Waals surface area contributed by atoms with Gasteiger partial charge in [-0.15, -0.1) is 5.10 Å². The van der Waals surface area contributed by atoms with Crippen molar-refractivity contribution >= 4 is 0 Å². The summed E-state index contributed by atoms with van der Waals surface area (Å²) in [6, 6.07) is 0. The van der Waals surface area contributed by atoms with E-state index in [0.717, 1.165) is 44.6 Å². The van der Waals surface area contributed by atoms with Crippen LogP contribution in [0, 0.1) is 0 Å². The maximum Gasteiger partial charge on any atom is 0.242 e. The normalized spacial score (nSPS) is 26.2. The van der Waals surface area contributed by atoms with E-state index in [2.05, 4.69) is 30.6 Å². The Kier molecular flexibility index (Phi) is 3.41. The topological polar surface area (TPSA) is 102 Å². The summed E-state index contributed by atoms with van der Waals surface area (Å²) in [7, 11) is 0. The van der Waals surface area contributed by atoms with E-state index >= 15 is 0 Å². The molecule has 0 bridgehead atoms. The molecule has 2 aromatic rings. The van der Waals surface area contributed by atoms with Crippen molar-refractivity contribution in [3.05, 3.63) is 11.7 Å². The fraction of sp³-hybridized carbons (Fsp3) is 0.750. The number of H-pyrrole nitrogens is 1. The van der Waals surface area contributed by atoms with Crippen LogP contribution < -0.4 is 5.32 Å². The predicted octanol–water partition coefficient (Wildman–Crippen LogP) is 1.58.